The van der Waals surface area contributed by atoms with E-state index in [0.717, 1.165) is 46.5 Å². The third-order valence-electron chi connectivity index (χ3n) is 20.0. The molecule has 0 saturated carbocycles. The van der Waals surface area contributed by atoms with Crippen LogP contribution in [0.25, 0.3) is 0 Å². The van der Waals surface area contributed by atoms with Crippen LogP contribution >= 0.6 is 0 Å². The van der Waals surface area contributed by atoms with Gasteiger partial charge in [-0.2, -0.15) is 0 Å². The van der Waals surface area contributed by atoms with Crippen LogP contribution in [0.5, 0.6) is 23.0 Å². The van der Waals surface area contributed by atoms with Crippen molar-refractivity contribution in [3.63, 3.8) is 0 Å². The summed E-state index contributed by atoms with van der Waals surface area (Å²) >= 11 is 0. The van der Waals surface area contributed by atoms with Gasteiger partial charge in [-0.05, 0) is 142 Å². The molecule has 0 N–H and O–H groups in total. The predicted octanol–water partition coefficient (Wildman–Crippen LogP) is 12.8. The monoisotopic (exact) mass is 1590 g/mol. The van der Waals surface area contributed by atoms with Crippen LogP contribution < -0.4 is 18.9 Å². The van der Waals surface area contributed by atoms with Crippen molar-refractivity contribution in [1.82, 2.24) is 39.2 Å². The van der Waals surface area contributed by atoms with Crippen LogP contribution in [0.1, 0.15) is 44.5 Å². The van der Waals surface area contributed by atoms with Crippen LogP contribution in [0.4, 0.5) is 35.1 Å². The normalized spacial score (nSPS) is 20.8. The van der Waals surface area contributed by atoms with Crippen LogP contribution in [0.15, 0.2) is 170 Å². The van der Waals surface area contributed by atoms with E-state index >= 15 is 0 Å². The van der Waals surface area contributed by atoms with Gasteiger partial charge in [-0.25, -0.2) is 35.1 Å². The van der Waals surface area contributed by atoms with Crippen LogP contribution in [-0.2, 0) is 80.8 Å². The molecule has 0 atom stereocenters. The van der Waals surface area contributed by atoms with Gasteiger partial charge in [-0.1, -0.05) is 48.5 Å². The number of nitrogens with zero attached hydrogens (tertiary/aromatic N) is 8. The first kappa shape index (κ1) is 86.7. The number of benzene rings is 8. The van der Waals surface area contributed by atoms with Gasteiger partial charge < -0.3 is 47.4 Å². The molecule has 16 aliphatic heterocycles. The van der Waals surface area contributed by atoms with E-state index in [-0.39, 0.29) is 0 Å². The molecule has 0 unspecified atom stereocenters. The number of halogens is 8. The first-order chi connectivity index (χ1) is 55.6. The summed E-state index contributed by atoms with van der Waals surface area (Å²) in [6, 6.07) is 46.4. The van der Waals surface area contributed by atoms with E-state index in [9.17, 15) is 35.1 Å². The van der Waals surface area contributed by atoms with Gasteiger partial charge in [-0.3, -0.25) is 39.2 Å². The fourth-order valence-corrected chi connectivity index (χ4v) is 14.0. The Labute approximate surface area is 665 Å². The molecule has 0 spiro atoms. The molecule has 616 valence electrons. The highest BCUT2D eigenvalue weighted by Crippen LogP contribution is 2.23. The fraction of sp³-hybridized carbons (Fsp3) is 0.455. The second-order valence-electron chi connectivity index (χ2n) is 29.0. The van der Waals surface area contributed by atoms with E-state index in [1.807, 2.05) is 97.1 Å². The molecule has 12 bridgehead atoms. The Morgan fingerprint density at radius 2 is 0.351 bits per heavy atom. The Bertz CT molecular complexity index is 3460. The van der Waals surface area contributed by atoms with Gasteiger partial charge in [0.2, 0.25) is 0 Å². The lowest BCUT2D eigenvalue weighted by atomic mass is 10.1. The zero-order valence-corrected chi connectivity index (χ0v) is 65.1. The molecular formula is C88H108F8N8O10. The average Bonchev–Trinajstić information content (AvgIpc) is 0.851. The van der Waals surface area contributed by atoms with E-state index in [1.54, 1.807) is 0 Å². The molecule has 0 amide bonds. The molecule has 2 fully saturated rings. The zero-order valence-electron chi connectivity index (χ0n) is 65.1. The molecule has 16 aliphatic rings. The SMILES string of the molecule is Fc1cc(F)cc(CN2CCN3CCN(Cc4cc(F)cc(F)c4)CCN(CC2)Cc2ccc(cc2)OCCOCCOCCOCCOc2ccc(cc2)CN2CCN(Cc4cc(F)cc(F)c4)CCN(CCN(Cc4cc(F)cc(F)c4)CC2)Cc2ccc(cc2)OCCOCCOCCOCCOc2ccc(cc2)C3)c1. The van der Waals surface area contributed by atoms with Crippen molar-refractivity contribution >= 4 is 0 Å². The minimum absolute atomic E-state index is 0.331. The lowest BCUT2D eigenvalue weighted by Crippen LogP contribution is -2.45. The second kappa shape index (κ2) is 47.8. The molecule has 0 aromatic heterocycles. The number of ether oxygens (including phenoxy) is 10. The molecule has 114 heavy (non-hydrogen) atoms. The van der Waals surface area contributed by atoms with E-state index in [1.165, 1.54) is 48.5 Å². The molecule has 24 rings (SSSR count). The van der Waals surface area contributed by atoms with Crippen molar-refractivity contribution in [3.05, 3.63) is 261 Å². The topological polar surface area (TPSA) is 118 Å². The van der Waals surface area contributed by atoms with Gasteiger partial charge in [0, 0.05) is 181 Å². The van der Waals surface area contributed by atoms with Crippen molar-refractivity contribution < 1.29 is 82.5 Å². The van der Waals surface area contributed by atoms with E-state index < -0.39 is 46.5 Å². The van der Waals surface area contributed by atoms with Crippen molar-refractivity contribution in [2.24, 2.45) is 0 Å². The largest absolute Gasteiger partial charge is 0.491 e. The quantitative estimate of drug-likeness (QED) is 0.134. The first-order valence-electron chi connectivity index (χ1n) is 39.6. The lowest BCUT2D eigenvalue weighted by Gasteiger charge is -2.34. The van der Waals surface area contributed by atoms with Crippen molar-refractivity contribution in [2.75, 3.05) is 210 Å². The van der Waals surface area contributed by atoms with Crippen molar-refractivity contribution in [3.8, 4) is 23.0 Å². The van der Waals surface area contributed by atoms with Crippen LogP contribution in [-0.4, -0.2) is 250 Å². The Balaban J connectivity index is 0.707. The van der Waals surface area contributed by atoms with Gasteiger partial charge in [0.15, 0.2) is 0 Å². The minimum atomic E-state index is -0.627. The standard InChI is InChI=1S/C88H108F8N8O10/c89-77-49-73(50-78(90)57-77)65-101-25-17-97-18-26-102(66-74-51-79(91)58-80(92)52-74)28-20-98(19-27-101)62-70-3-11-86(12-4-70)113-47-43-109-39-35-106-36-40-110-44-48-114-88-15-7-72(8-16-88)64-100-23-31-103(67-75-53-81(93)59-82(94)54-75)29-21-99(22-30-104(32-24-100)68-76-55-83(95)60-84(96)56-76)63-71-5-13-87(14-6-71)112-46-42-108-38-34-105-33-37-107-41-45-111-85-9-1-69(61-97)2-10-85/h1-16,49-60H,17-48,61-68H2. The maximum Gasteiger partial charge on any atom is 0.126 e. The summed E-state index contributed by atoms with van der Waals surface area (Å²) in [5.41, 5.74) is 6.38. The van der Waals surface area contributed by atoms with Crippen LogP contribution in [0.3, 0.4) is 0 Å². The fourth-order valence-electron chi connectivity index (χ4n) is 14.0. The highest BCUT2D eigenvalue weighted by Gasteiger charge is 2.23. The highest BCUT2D eigenvalue weighted by molar-refractivity contribution is 5.31. The molecule has 8 aromatic carbocycles. The average molecular weight is 1590 g/mol. The third kappa shape index (κ3) is 32.5. The Morgan fingerprint density at radius 3 is 0.518 bits per heavy atom. The Morgan fingerprint density at radius 1 is 0.193 bits per heavy atom. The van der Waals surface area contributed by atoms with Crippen molar-refractivity contribution in [2.45, 2.75) is 52.4 Å². The summed E-state index contributed by atoms with van der Waals surface area (Å²) < 4.78 is 176. The Hall–Kier alpha value is -8.16. The zero-order chi connectivity index (χ0) is 79.3. The molecule has 2 saturated heterocycles. The van der Waals surface area contributed by atoms with Gasteiger partial charge >= 0.3 is 0 Å². The summed E-state index contributed by atoms with van der Waals surface area (Å²) in [6.07, 6.45) is 0. The van der Waals surface area contributed by atoms with Crippen LogP contribution in [0.2, 0.25) is 0 Å². The molecule has 0 aliphatic carbocycles. The van der Waals surface area contributed by atoms with E-state index in [0.29, 0.717) is 308 Å². The molecule has 16 heterocycles. The highest BCUT2D eigenvalue weighted by atomic mass is 19.2. The molecule has 0 radical (unpaired) electrons. The van der Waals surface area contributed by atoms with E-state index in [2.05, 4.69) is 39.2 Å². The predicted molar refractivity (Wildman–Crippen MR) is 420 cm³/mol. The Kier molecular flexibility index (Phi) is 36.3. The molecule has 8 aromatic rings. The van der Waals surface area contributed by atoms with Gasteiger partial charge in [0.1, 0.15) is 96.0 Å². The lowest BCUT2D eigenvalue weighted by molar-refractivity contribution is 0.00499. The summed E-state index contributed by atoms with van der Waals surface area (Å²) in [5.74, 6) is -2.26. The second-order valence-corrected chi connectivity index (χ2v) is 29.0. The maximum atomic E-state index is 14.7. The maximum absolute atomic E-state index is 14.7. The molecule has 18 nitrogen and oxygen atoms in total. The molecular weight excluding hydrogens is 1480 g/mol. The van der Waals surface area contributed by atoms with Gasteiger partial charge in [-0.15, -0.1) is 0 Å². The third-order valence-corrected chi connectivity index (χ3v) is 20.0. The number of hydrogen-bond acceptors (Lipinski definition) is 18. The number of rotatable bonds is 8. The van der Waals surface area contributed by atoms with Gasteiger partial charge in [0.05, 0.1) is 79.3 Å². The van der Waals surface area contributed by atoms with E-state index in [4.69, 9.17) is 47.4 Å². The minimum Gasteiger partial charge on any atom is -0.491 e. The summed E-state index contributed by atoms with van der Waals surface area (Å²) in [5, 5.41) is 0. The number of hydrogen-bond donors (Lipinski definition) is 0. The summed E-state index contributed by atoms with van der Waals surface area (Å²) in [4.78, 5) is 18.3. The van der Waals surface area contributed by atoms with Gasteiger partial charge in [0.25, 0.3) is 0 Å². The first-order valence-corrected chi connectivity index (χ1v) is 39.6. The van der Waals surface area contributed by atoms with Crippen molar-refractivity contribution in [1.29, 1.82) is 0 Å². The summed E-state index contributed by atoms with van der Waals surface area (Å²) in [6.45, 7) is 19.2. The molecule has 26 heteroatoms. The summed E-state index contributed by atoms with van der Waals surface area (Å²) in [7, 11) is 0. The van der Waals surface area contributed by atoms with Crippen LogP contribution in [0, 0.1) is 46.5 Å². The smallest absolute Gasteiger partial charge is 0.126 e.